The lowest BCUT2D eigenvalue weighted by molar-refractivity contribution is 0.0336. The molecule has 0 saturated carbocycles. The van der Waals surface area contributed by atoms with Gasteiger partial charge in [0.25, 0.3) is 0 Å². The summed E-state index contributed by atoms with van der Waals surface area (Å²) in [4.78, 5) is 15.7. The van der Waals surface area contributed by atoms with Crippen LogP contribution in [0.2, 0.25) is 0 Å². The molecule has 9 nitrogen and oxygen atoms in total. The molecule has 1 saturated heterocycles. The first-order valence-electron chi connectivity index (χ1n) is 11.7. The lowest BCUT2D eigenvalue weighted by Gasteiger charge is -2.26. The van der Waals surface area contributed by atoms with E-state index in [0.29, 0.717) is 11.8 Å². The van der Waals surface area contributed by atoms with Gasteiger partial charge in [-0.25, -0.2) is 4.98 Å². The number of pyridine rings is 1. The van der Waals surface area contributed by atoms with E-state index in [4.69, 9.17) is 19.9 Å². The number of methoxy groups -OCH3 is 1. The minimum atomic E-state index is 0.379. The van der Waals surface area contributed by atoms with Gasteiger partial charge >= 0.3 is 0 Å². The number of aromatic nitrogens is 3. The van der Waals surface area contributed by atoms with Crippen LogP contribution in [-0.2, 0) is 11.3 Å². The molecular weight excluding hydrogens is 456 g/mol. The molecule has 3 N–H and O–H groups in total. The zero-order valence-corrected chi connectivity index (χ0v) is 20.1. The molecule has 3 heterocycles. The standard InChI is InChI=1S/C27H28N6O3/c1-34-22-6-2-19(3-7-22)25-17-26(28)32-27(31-25)30-20-4-8-23(9-5-20)36-24-10-11-29-21(16-24)18-33-12-14-35-15-13-33/h2-11,16-17H,12-15,18H2,1H3,(H3,28,30,31,32). The highest BCUT2D eigenvalue weighted by atomic mass is 16.5. The molecule has 0 radical (unpaired) electrons. The highest BCUT2D eigenvalue weighted by Crippen LogP contribution is 2.27. The van der Waals surface area contributed by atoms with Gasteiger partial charge in [0.1, 0.15) is 23.1 Å². The van der Waals surface area contributed by atoms with Crippen molar-refractivity contribution in [1.29, 1.82) is 0 Å². The Kier molecular flexibility index (Phi) is 7.20. The fraction of sp³-hybridized carbons (Fsp3) is 0.222. The van der Waals surface area contributed by atoms with E-state index in [9.17, 15) is 0 Å². The SMILES string of the molecule is COc1ccc(-c2cc(N)nc(Nc3ccc(Oc4ccnc(CN5CCOCC5)c4)cc3)n2)cc1. The summed E-state index contributed by atoms with van der Waals surface area (Å²) in [6.07, 6.45) is 1.78. The number of nitrogens with zero attached hydrogens (tertiary/aromatic N) is 4. The molecule has 1 aliphatic heterocycles. The zero-order valence-electron chi connectivity index (χ0n) is 20.1. The molecule has 36 heavy (non-hydrogen) atoms. The van der Waals surface area contributed by atoms with Gasteiger partial charge < -0.3 is 25.3 Å². The van der Waals surface area contributed by atoms with Gasteiger partial charge in [-0.15, -0.1) is 0 Å². The second-order valence-electron chi connectivity index (χ2n) is 8.35. The minimum absolute atomic E-state index is 0.379. The second-order valence-corrected chi connectivity index (χ2v) is 8.35. The van der Waals surface area contributed by atoms with E-state index in [1.165, 1.54) is 0 Å². The van der Waals surface area contributed by atoms with Gasteiger partial charge in [-0.3, -0.25) is 9.88 Å². The van der Waals surface area contributed by atoms with E-state index in [2.05, 4.69) is 25.2 Å². The third-order valence-electron chi connectivity index (χ3n) is 5.76. The van der Waals surface area contributed by atoms with Crippen molar-refractivity contribution in [1.82, 2.24) is 19.9 Å². The minimum Gasteiger partial charge on any atom is -0.497 e. The first-order chi connectivity index (χ1) is 17.6. The van der Waals surface area contributed by atoms with Gasteiger partial charge in [0.05, 0.1) is 31.7 Å². The maximum Gasteiger partial charge on any atom is 0.229 e. The third-order valence-corrected chi connectivity index (χ3v) is 5.76. The van der Waals surface area contributed by atoms with Crippen molar-refractivity contribution in [3.63, 3.8) is 0 Å². The van der Waals surface area contributed by atoms with Crippen LogP contribution >= 0.6 is 0 Å². The summed E-state index contributed by atoms with van der Waals surface area (Å²) >= 11 is 0. The van der Waals surface area contributed by atoms with Crippen LogP contribution in [0.5, 0.6) is 17.2 Å². The predicted octanol–water partition coefficient (Wildman–Crippen LogP) is 4.50. The smallest absolute Gasteiger partial charge is 0.229 e. The van der Waals surface area contributed by atoms with Gasteiger partial charge in [-0.2, -0.15) is 4.98 Å². The van der Waals surface area contributed by atoms with Gasteiger partial charge in [0.2, 0.25) is 5.95 Å². The summed E-state index contributed by atoms with van der Waals surface area (Å²) in [5, 5.41) is 3.21. The summed E-state index contributed by atoms with van der Waals surface area (Å²) in [6.45, 7) is 4.14. The van der Waals surface area contributed by atoms with Crippen molar-refractivity contribution in [3.8, 4) is 28.5 Å². The maximum atomic E-state index is 6.06. The molecule has 0 aliphatic carbocycles. The highest BCUT2D eigenvalue weighted by Gasteiger charge is 2.12. The van der Waals surface area contributed by atoms with Gasteiger partial charge in [0, 0.05) is 49.2 Å². The first-order valence-corrected chi connectivity index (χ1v) is 11.7. The largest absolute Gasteiger partial charge is 0.497 e. The molecule has 0 bridgehead atoms. The molecule has 0 unspecified atom stereocenters. The Morgan fingerprint density at radius 2 is 1.67 bits per heavy atom. The summed E-state index contributed by atoms with van der Waals surface area (Å²) in [7, 11) is 1.64. The third kappa shape index (κ3) is 6.07. The van der Waals surface area contributed by atoms with Crippen molar-refractivity contribution in [3.05, 3.63) is 78.6 Å². The Morgan fingerprint density at radius 3 is 2.42 bits per heavy atom. The van der Waals surface area contributed by atoms with E-state index >= 15 is 0 Å². The monoisotopic (exact) mass is 484 g/mol. The fourth-order valence-corrected chi connectivity index (χ4v) is 3.90. The quantitative estimate of drug-likeness (QED) is 0.374. The Bertz CT molecular complexity index is 1290. The molecule has 184 valence electrons. The average Bonchev–Trinajstić information content (AvgIpc) is 2.90. The van der Waals surface area contributed by atoms with Crippen LogP contribution < -0.4 is 20.5 Å². The average molecular weight is 485 g/mol. The molecule has 0 amide bonds. The molecule has 4 aromatic rings. The van der Waals surface area contributed by atoms with Crippen molar-refractivity contribution in [2.24, 2.45) is 0 Å². The number of nitrogens with two attached hydrogens (primary N) is 1. The van der Waals surface area contributed by atoms with E-state index in [-0.39, 0.29) is 0 Å². The summed E-state index contributed by atoms with van der Waals surface area (Å²) in [6, 6.07) is 20.8. The number of hydrogen-bond donors (Lipinski definition) is 2. The van der Waals surface area contributed by atoms with Crippen LogP contribution in [0.4, 0.5) is 17.5 Å². The van der Waals surface area contributed by atoms with Crippen LogP contribution in [0.1, 0.15) is 5.69 Å². The molecule has 1 aliphatic rings. The number of morpholine rings is 1. The summed E-state index contributed by atoms with van der Waals surface area (Å²) in [5.74, 6) is 3.04. The van der Waals surface area contributed by atoms with E-state index in [1.54, 1.807) is 19.4 Å². The fourth-order valence-electron chi connectivity index (χ4n) is 3.90. The number of nitrogen functional groups attached to an aromatic ring is 1. The molecule has 2 aromatic carbocycles. The van der Waals surface area contributed by atoms with Crippen molar-refractivity contribution in [2.45, 2.75) is 6.54 Å². The Morgan fingerprint density at radius 1 is 0.917 bits per heavy atom. The Balaban J connectivity index is 1.24. The van der Waals surface area contributed by atoms with E-state index < -0.39 is 0 Å². The van der Waals surface area contributed by atoms with Crippen molar-refractivity contribution >= 4 is 17.5 Å². The summed E-state index contributed by atoms with van der Waals surface area (Å²) in [5.41, 5.74) is 9.46. The number of hydrogen-bond acceptors (Lipinski definition) is 9. The lowest BCUT2D eigenvalue weighted by atomic mass is 10.1. The zero-order chi connectivity index (χ0) is 24.7. The Hall–Kier alpha value is -4.21. The molecule has 0 spiro atoms. The molecule has 5 rings (SSSR count). The number of rotatable bonds is 8. The maximum absolute atomic E-state index is 6.06. The molecular formula is C27H28N6O3. The number of anilines is 3. The van der Waals surface area contributed by atoms with Crippen molar-refractivity contribution < 1.29 is 14.2 Å². The molecule has 9 heteroatoms. The summed E-state index contributed by atoms with van der Waals surface area (Å²) < 4.78 is 16.7. The molecule has 0 atom stereocenters. The predicted molar refractivity (Wildman–Crippen MR) is 139 cm³/mol. The first kappa shape index (κ1) is 23.5. The van der Waals surface area contributed by atoms with Crippen LogP contribution in [-0.4, -0.2) is 53.3 Å². The van der Waals surface area contributed by atoms with E-state index in [1.807, 2.05) is 60.7 Å². The number of ether oxygens (including phenoxy) is 3. The van der Waals surface area contributed by atoms with Crippen LogP contribution in [0.15, 0.2) is 72.9 Å². The van der Waals surface area contributed by atoms with Crippen LogP contribution in [0, 0.1) is 0 Å². The highest BCUT2D eigenvalue weighted by molar-refractivity contribution is 5.66. The molecule has 1 fully saturated rings. The number of benzene rings is 2. The van der Waals surface area contributed by atoms with Gasteiger partial charge in [-0.05, 0) is 54.6 Å². The van der Waals surface area contributed by atoms with Crippen molar-refractivity contribution in [2.75, 3.05) is 44.5 Å². The second kappa shape index (κ2) is 11.0. The van der Waals surface area contributed by atoms with Gasteiger partial charge in [-0.1, -0.05) is 0 Å². The molecule has 2 aromatic heterocycles. The van der Waals surface area contributed by atoms with Gasteiger partial charge in [0.15, 0.2) is 0 Å². The van der Waals surface area contributed by atoms with Crippen LogP contribution in [0.25, 0.3) is 11.3 Å². The van der Waals surface area contributed by atoms with E-state index in [0.717, 1.165) is 72.7 Å². The normalized spacial score (nSPS) is 13.8. The lowest BCUT2D eigenvalue weighted by Crippen LogP contribution is -2.35. The Labute approximate surface area is 209 Å². The topological polar surface area (TPSA) is 108 Å². The number of nitrogens with one attached hydrogen (secondary N) is 1. The van der Waals surface area contributed by atoms with Crippen LogP contribution in [0.3, 0.4) is 0 Å².